The van der Waals surface area contributed by atoms with Gasteiger partial charge in [-0.3, -0.25) is 4.79 Å². The third kappa shape index (κ3) is 5.16. The summed E-state index contributed by atoms with van der Waals surface area (Å²) in [6.45, 7) is 6.69. The maximum absolute atomic E-state index is 12.0. The van der Waals surface area contributed by atoms with Crippen molar-refractivity contribution in [2.24, 2.45) is 0 Å². The topological polar surface area (TPSA) is 64.3 Å². The van der Waals surface area contributed by atoms with Gasteiger partial charge in [-0.05, 0) is 67.3 Å². The van der Waals surface area contributed by atoms with Crippen LogP contribution in [0.3, 0.4) is 0 Å². The Hall–Kier alpha value is -2.75. The summed E-state index contributed by atoms with van der Waals surface area (Å²) in [7, 11) is 0. The summed E-state index contributed by atoms with van der Waals surface area (Å²) in [5, 5.41) is 2.87. The largest absolute Gasteiger partial charge is 0.491 e. The second-order valence-electron chi connectivity index (χ2n) is 5.84. The first kappa shape index (κ1) is 17.6. The number of nitrogen functional groups attached to an aromatic ring is 1. The Bertz CT molecular complexity index is 731. The van der Waals surface area contributed by atoms with Crippen LogP contribution in [0.15, 0.2) is 42.5 Å². The highest BCUT2D eigenvalue weighted by molar-refractivity contribution is 6.02. The number of nitrogens with two attached hydrogens (primary N) is 1. The first-order chi connectivity index (χ1) is 11.5. The zero-order valence-corrected chi connectivity index (χ0v) is 14.4. The zero-order chi connectivity index (χ0) is 17.5. The Morgan fingerprint density at radius 3 is 2.50 bits per heavy atom. The maximum Gasteiger partial charge on any atom is 0.248 e. The van der Waals surface area contributed by atoms with Gasteiger partial charge in [-0.15, -0.1) is 0 Å². The van der Waals surface area contributed by atoms with Gasteiger partial charge in [0.15, 0.2) is 0 Å². The molecule has 0 radical (unpaired) electrons. The van der Waals surface area contributed by atoms with E-state index in [2.05, 4.69) is 11.4 Å². The van der Waals surface area contributed by atoms with E-state index in [1.807, 2.05) is 45.0 Å². The van der Waals surface area contributed by atoms with E-state index in [4.69, 9.17) is 10.5 Å². The molecule has 4 nitrogen and oxygen atoms in total. The first-order valence-corrected chi connectivity index (χ1v) is 8.07. The number of amides is 1. The first-order valence-electron chi connectivity index (χ1n) is 8.07. The maximum atomic E-state index is 12.0. The molecule has 126 valence electrons. The lowest BCUT2D eigenvalue weighted by molar-refractivity contribution is -0.111. The van der Waals surface area contributed by atoms with Gasteiger partial charge in [0.25, 0.3) is 0 Å². The summed E-state index contributed by atoms with van der Waals surface area (Å²) in [5.74, 6) is 0.499. The fourth-order valence-electron chi connectivity index (χ4n) is 2.42. The molecule has 0 atom stereocenters. The highest BCUT2D eigenvalue weighted by Gasteiger charge is 2.02. The summed E-state index contributed by atoms with van der Waals surface area (Å²) in [5.41, 5.74) is 10.4. The molecule has 0 unspecified atom stereocenters. The van der Waals surface area contributed by atoms with Crippen LogP contribution in [0.25, 0.3) is 6.08 Å². The number of benzene rings is 2. The molecule has 0 aliphatic carbocycles. The molecule has 0 fully saturated rings. The van der Waals surface area contributed by atoms with Gasteiger partial charge in [0.1, 0.15) is 5.75 Å². The number of ether oxygens (including phenoxy) is 1. The van der Waals surface area contributed by atoms with Gasteiger partial charge in [-0.1, -0.05) is 19.1 Å². The highest BCUT2D eigenvalue weighted by atomic mass is 16.5. The molecule has 3 N–H and O–H groups in total. The van der Waals surface area contributed by atoms with Crippen LogP contribution in [0.5, 0.6) is 5.75 Å². The van der Waals surface area contributed by atoms with Crippen molar-refractivity contribution in [1.82, 2.24) is 0 Å². The van der Waals surface area contributed by atoms with Crippen LogP contribution in [0.1, 0.15) is 30.0 Å². The number of carbonyl (C=O) groups is 1. The SMILES string of the molecule is CCCOc1ccc(/C=C\C(=O)Nc2cc(C)cc(C)c2)cc1N. The van der Waals surface area contributed by atoms with Gasteiger partial charge in [0, 0.05) is 11.8 Å². The minimum Gasteiger partial charge on any atom is -0.491 e. The summed E-state index contributed by atoms with van der Waals surface area (Å²) < 4.78 is 5.54. The van der Waals surface area contributed by atoms with E-state index in [9.17, 15) is 4.79 Å². The van der Waals surface area contributed by atoms with Crippen molar-refractivity contribution < 1.29 is 9.53 Å². The molecule has 4 heteroatoms. The number of nitrogens with one attached hydrogen (secondary N) is 1. The number of carbonyl (C=O) groups excluding carboxylic acids is 1. The van der Waals surface area contributed by atoms with E-state index >= 15 is 0 Å². The molecule has 2 rings (SSSR count). The second-order valence-corrected chi connectivity index (χ2v) is 5.84. The van der Waals surface area contributed by atoms with Crippen LogP contribution in [-0.2, 0) is 4.79 Å². The molecule has 0 heterocycles. The van der Waals surface area contributed by atoms with Gasteiger partial charge in [-0.2, -0.15) is 0 Å². The molecule has 0 aliphatic heterocycles. The van der Waals surface area contributed by atoms with E-state index in [-0.39, 0.29) is 5.91 Å². The van der Waals surface area contributed by atoms with Gasteiger partial charge in [0.05, 0.1) is 12.3 Å². The Morgan fingerprint density at radius 2 is 1.88 bits per heavy atom. The van der Waals surface area contributed by atoms with E-state index < -0.39 is 0 Å². The third-order valence-electron chi connectivity index (χ3n) is 3.41. The van der Waals surface area contributed by atoms with Crippen LogP contribution in [0.4, 0.5) is 11.4 Å². The number of hydrogen-bond acceptors (Lipinski definition) is 3. The predicted molar refractivity (Wildman–Crippen MR) is 100 cm³/mol. The molecular weight excluding hydrogens is 300 g/mol. The summed E-state index contributed by atoms with van der Waals surface area (Å²) >= 11 is 0. The Morgan fingerprint density at radius 1 is 1.17 bits per heavy atom. The molecule has 0 aliphatic rings. The monoisotopic (exact) mass is 324 g/mol. The Labute approximate surface area is 143 Å². The zero-order valence-electron chi connectivity index (χ0n) is 14.4. The van der Waals surface area contributed by atoms with E-state index in [1.165, 1.54) is 6.08 Å². The lowest BCUT2D eigenvalue weighted by atomic mass is 10.1. The van der Waals surface area contributed by atoms with Crippen LogP contribution >= 0.6 is 0 Å². The van der Waals surface area contributed by atoms with Crippen LogP contribution in [-0.4, -0.2) is 12.5 Å². The molecule has 0 saturated carbocycles. The smallest absolute Gasteiger partial charge is 0.248 e. The predicted octanol–water partition coefficient (Wildman–Crippen LogP) is 4.33. The van der Waals surface area contributed by atoms with Crippen molar-refractivity contribution in [2.75, 3.05) is 17.7 Å². The van der Waals surface area contributed by atoms with Gasteiger partial charge < -0.3 is 15.8 Å². The summed E-state index contributed by atoms with van der Waals surface area (Å²) in [4.78, 5) is 12.0. The molecule has 0 bridgehead atoms. The number of rotatable bonds is 6. The van der Waals surface area contributed by atoms with Gasteiger partial charge in [-0.25, -0.2) is 0 Å². The lowest BCUT2D eigenvalue weighted by Crippen LogP contribution is -2.08. The molecular formula is C20H24N2O2. The van der Waals surface area contributed by atoms with Crippen molar-refractivity contribution in [1.29, 1.82) is 0 Å². The van der Waals surface area contributed by atoms with Crippen molar-refractivity contribution in [3.05, 3.63) is 59.2 Å². The molecule has 0 aromatic heterocycles. The number of hydrogen-bond donors (Lipinski definition) is 2. The molecule has 1 amide bonds. The van der Waals surface area contributed by atoms with Gasteiger partial charge in [0.2, 0.25) is 5.91 Å². The normalized spacial score (nSPS) is 10.8. The highest BCUT2D eigenvalue weighted by Crippen LogP contribution is 2.23. The minimum absolute atomic E-state index is 0.176. The Kier molecular flexibility index (Phi) is 6.01. The van der Waals surface area contributed by atoms with Crippen molar-refractivity contribution in [3.8, 4) is 5.75 Å². The van der Waals surface area contributed by atoms with Crippen molar-refractivity contribution in [2.45, 2.75) is 27.2 Å². The van der Waals surface area contributed by atoms with Crippen molar-refractivity contribution >= 4 is 23.4 Å². The molecule has 0 spiro atoms. The summed E-state index contributed by atoms with van der Waals surface area (Å²) in [6, 6.07) is 11.4. The average molecular weight is 324 g/mol. The molecule has 2 aromatic rings. The standard InChI is InChI=1S/C20H24N2O2/c1-4-9-24-19-7-5-16(13-18(19)21)6-8-20(23)22-17-11-14(2)10-15(3)12-17/h5-8,10-13H,4,9,21H2,1-3H3,(H,22,23)/b8-6-. The van der Waals surface area contributed by atoms with E-state index in [0.29, 0.717) is 18.0 Å². The Balaban J connectivity index is 2.01. The third-order valence-corrected chi connectivity index (χ3v) is 3.41. The summed E-state index contributed by atoms with van der Waals surface area (Å²) in [6.07, 6.45) is 4.16. The fourth-order valence-corrected chi connectivity index (χ4v) is 2.42. The molecule has 0 saturated heterocycles. The number of aryl methyl sites for hydroxylation is 2. The quantitative estimate of drug-likeness (QED) is 0.614. The van der Waals surface area contributed by atoms with Crippen LogP contribution in [0, 0.1) is 13.8 Å². The van der Waals surface area contributed by atoms with E-state index in [0.717, 1.165) is 28.8 Å². The molecule has 2 aromatic carbocycles. The van der Waals surface area contributed by atoms with Crippen molar-refractivity contribution in [3.63, 3.8) is 0 Å². The minimum atomic E-state index is -0.176. The van der Waals surface area contributed by atoms with Crippen LogP contribution < -0.4 is 15.8 Å². The molecule has 24 heavy (non-hydrogen) atoms. The fraction of sp³-hybridized carbons (Fsp3) is 0.250. The second kappa shape index (κ2) is 8.20. The average Bonchev–Trinajstić information content (AvgIpc) is 2.51. The van der Waals surface area contributed by atoms with Crippen LogP contribution in [0.2, 0.25) is 0 Å². The lowest BCUT2D eigenvalue weighted by Gasteiger charge is -2.08. The number of anilines is 2. The van der Waals surface area contributed by atoms with Gasteiger partial charge >= 0.3 is 0 Å². The van der Waals surface area contributed by atoms with E-state index in [1.54, 1.807) is 12.1 Å².